The number of aliphatic hydroxyl groups is 1. The van der Waals surface area contributed by atoms with Gasteiger partial charge in [-0.1, -0.05) is 0 Å². The number of carbonyl (C=O) groups excluding carboxylic acids is 2. The Morgan fingerprint density at radius 1 is 1.26 bits per heavy atom. The molecule has 1 aromatic rings. The molecule has 2 N–H and O–H groups in total. The standard InChI is InChI=1S/C17H24N2O8/c1-17(2,3)27-16(22)18-14(15(21)25-4)13(20)9-10-26-12-7-5-11(6-8-12)19(23)24/h5-8,13-14,20H,9-10H2,1-4H3,(H,18,22)/t13-,14+/m1/s1. The van der Waals surface area contributed by atoms with E-state index in [1.807, 2.05) is 0 Å². The van der Waals surface area contributed by atoms with E-state index in [1.54, 1.807) is 20.8 Å². The molecule has 0 unspecified atom stereocenters. The Labute approximate surface area is 156 Å². The van der Waals surface area contributed by atoms with Gasteiger partial charge in [0, 0.05) is 18.6 Å². The molecule has 0 saturated carbocycles. The van der Waals surface area contributed by atoms with E-state index in [9.17, 15) is 24.8 Å². The van der Waals surface area contributed by atoms with Crippen molar-refractivity contribution in [3.8, 4) is 5.75 Å². The first kappa shape index (κ1) is 22.2. The van der Waals surface area contributed by atoms with Crippen LogP contribution in [0.4, 0.5) is 10.5 Å². The van der Waals surface area contributed by atoms with E-state index >= 15 is 0 Å². The summed E-state index contributed by atoms with van der Waals surface area (Å²) in [7, 11) is 1.13. The molecule has 0 heterocycles. The Hall–Kier alpha value is -2.88. The zero-order chi connectivity index (χ0) is 20.6. The Morgan fingerprint density at radius 2 is 1.85 bits per heavy atom. The van der Waals surface area contributed by atoms with Crippen LogP contribution in [-0.2, 0) is 14.3 Å². The molecule has 0 saturated heterocycles. The van der Waals surface area contributed by atoms with E-state index in [-0.39, 0.29) is 18.7 Å². The molecule has 0 radical (unpaired) electrons. The smallest absolute Gasteiger partial charge is 0.408 e. The summed E-state index contributed by atoms with van der Waals surface area (Å²) < 4.78 is 15.0. The number of benzene rings is 1. The largest absolute Gasteiger partial charge is 0.493 e. The van der Waals surface area contributed by atoms with E-state index in [4.69, 9.17) is 9.47 Å². The minimum Gasteiger partial charge on any atom is -0.493 e. The number of hydrogen-bond donors (Lipinski definition) is 2. The summed E-state index contributed by atoms with van der Waals surface area (Å²) in [6, 6.07) is 4.08. The SMILES string of the molecule is COC(=O)[C@@H](NC(=O)OC(C)(C)C)[C@H](O)CCOc1ccc([N+](=O)[O-])cc1. The van der Waals surface area contributed by atoms with Crippen molar-refractivity contribution in [3.05, 3.63) is 34.4 Å². The van der Waals surface area contributed by atoms with Crippen molar-refractivity contribution in [2.75, 3.05) is 13.7 Å². The van der Waals surface area contributed by atoms with E-state index in [0.717, 1.165) is 7.11 Å². The molecule has 0 aromatic heterocycles. The van der Waals surface area contributed by atoms with Crippen molar-refractivity contribution < 1.29 is 33.8 Å². The highest BCUT2D eigenvalue weighted by Crippen LogP contribution is 2.17. The Balaban J connectivity index is 2.60. The molecule has 150 valence electrons. The second-order valence-electron chi connectivity index (χ2n) is 6.60. The third-order valence-corrected chi connectivity index (χ3v) is 3.24. The highest BCUT2D eigenvalue weighted by molar-refractivity contribution is 5.82. The lowest BCUT2D eigenvalue weighted by Gasteiger charge is -2.25. The van der Waals surface area contributed by atoms with Gasteiger partial charge in [-0.25, -0.2) is 9.59 Å². The number of nitro groups is 1. The van der Waals surface area contributed by atoms with Crippen LogP contribution in [0.2, 0.25) is 0 Å². The number of hydrogen-bond acceptors (Lipinski definition) is 8. The van der Waals surface area contributed by atoms with Crippen molar-refractivity contribution in [3.63, 3.8) is 0 Å². The number of nitrogens with zero attached hydrogens (tertiary/aromatic N) is 1. The molecule has 1 aromatic carbocycles. The highest BCUT2D eigenvalue weighted by Gasteiger charge is 2.31. The number of nitrogens with one attached hydrogen (secondary N) is 1. The molecule has 2 atom stereocenters. The Bertz CT molecular complexity index is 654. The first-order valence-electron chi connectivity index (χ1n) is 8.16. The number of methoxy groups -OCH3 is 1. The average molecular weight is 384 g/mol. The molecule has 10 nitrogen and oxygen atoms in total. The molecule has 0 aliphatic carbocycles. The number of amides is 1. The minimum atomic E-state index is -1.33. The van der Waals surface area contributed by atoms with E-state index in [1.165, 1.54) is 24.3 Å². The van der Waals surface area contributed by atoms with E-state index in [0.29, 0.717) is 5.75 Å². The lowest BCUT2D eigenvalue weighted by Crippen LogP contribution is -2.51. The number of esters is 1. The Kier molecular flexibility index (Phi) is 7.98. The molecule has 27 heavy (non-hydrogen) atoms. The molecular formula is C17H24N2O8. The van der Waals surface area contributed by atoms with Crippen LogP contribution in [0.25, 0.3) is 0 Å². The van der Waals surface area contributed by atoms with Gasteiger partial charge >= 0.3 is 12.1 Å². The van der Waals surface area contributed by atoms with Gasteiger partial charge in [0.05, 0.1) is 24.7 Å². The van der Waals surface area contributed by atoms with Crippen LogP contribution in [0, 0.1) is 10.1 Å². The number of alkyl carbamates (subject to hydrolysis) is 1. The quantitative estimate of drug-likeness (QED) is 0.393. The molecule has 0 spiro atoms. The fraction of sp³-hybridized carbons (Fsp3) is 0.529. The van der Waals surface area contributed by atoms with Gasteiger partial charge in [0.1, 0.15) is 11.4 Å². The van der Waals surface area contributed by atoms with Crippen molar-refractivity contribution in [2.24, 2.45) is 0 Å². The lowest BCUT2D eigenvalue weighted by molar-refractivity contribution is -0.384. The molecule has 1 rings (SSSR count). The summed E-state index contributed by atoms with van der Waals surface area (Å²) in [4.78, 5) is 33.7. The summed E-state index contributed by atoms with van der Waals surface area (Å²) in [6.45, 7) is 4.99. The monoisotopic (exact) mass is 384 g/mol. The first-order valence-corrected chi connectivity index (χ1v) is 8.16. The number of ether oxygens (including phenoxy) is 3. The van der Waals surface area contributed by atoms with Gasteiger partial charge in [0.25, 0.3) is 5.69 Å². The Morgan fingerprint density at radius 3 is 2.33 bits per heavy atom. The van der Waals surface area contributed by atoms with Crippen LogP contribution < -0.4 is 10.1 Å². The predicted molar refractivity (Wildman–Crippen MR) is 94.4 cm³/mol. The molecule has 0 aliphatic rings. The van der Waals surface area contributed by atoms with Gasteiger partial charge < -0.3 is 24.6 Å². The fourth-order valence-corrected chi connectivity index (χ4v) is 2.00. The van der Waals surface area contributed by atoms with Gasteiger partial charge in [-0.3, -0.25) is 10.1 Å². The maximum atomic E-state index is 11.8. The summed E-state index contributed by atoms with van der Waals surface area (Å²) in [6.07, 6.45) is -2.16. The van der Waals surface area contributed by atoms with E-state index in [2.05, 4.69) is 10.1 Å². The predicted octanol–water partition coefficient (Wildman–Crippen LogP) is 1.79. The third-order valence-electron chi connectivity index (χ3n) is 3.24. The van der Waals surface area contributed by atoms with Crippen molar-refractivity contribution in [1.29, 1.82) is 0 Å². The molecule has 1 amide bonds. The second-order valence-corrected chi connectivity index (χ2v) is 6.60. The van der Waals surface area contributed by atoms with Crippen molar-refractivity contribution >= 4 is 17.7 Å². The van der Waals surface area contributed by atoms with Crippen LogP contribution in [0.15, 0.2) is 24.3 Å². The third kappa shape index (κ3) is 7.90. The number of carbonyl (C=O) groups is 2. The number of aliphatic hydroxyl groups excluding tert-OH is 1. The minimum absolute atomic E-state index is 0.00245. The zero-order valence-corrected chi connectivity index (χ0v) is 15.6. The van der Waals surface area contributed by atoms with Gasteiger partial charge in [0.2, 0.25) is 0 Å². The van der Waals surface area contributed by atoms with Crippen LogP contribution in [-0.4, -0.2) is 53.6 Å². The average Bonchev–Trinajstić information content (AvgIpc) is 2.57. The second kappa shape index (κ2) is 9.72. The van der Waals surface area contributed by atoms with Gasteiger partial charge in [-0.15, -0.1) is 0 Å². The number of rotatable bonds is 8. The molecule has 0 aliphatic heterocycles. The lowest BCUT2D eigenvalue weighted by atomic mass is 10.1. The normalized spacial score (nSPS) is 13.2. The van der Waals surface area contributed by atoms with Crippen molar-refractivity contribution in [1.82, 2.24) is 5.32 Å². The maximum Gasteiger partial charge on any atom is 0.408 e. The van der Waals surface area contributed by atoms with Crippen LogP contribution in [0.5, 0.6) is 5.75 Å². The summed E-state index contributed by atoms with van der Waals surface area (Å²) >= 11 is 0. The van der Waals surface area contributed by atoms with Crippen LogP contribution in [0.1, 0.15) is 27.2 Å². The first-order chi connectivity index (χ1) is 12.5. The zero-order valence-electron chi connectivity index (χ0n) is 15.6. The summed E-state index contributed by atoms with van der Waals surface area (Å²) in [5.41, 5.74) is -0.843. The number of non-ortho nitro benzene ring substituents is 1. The molecule has 10 heteroatoms. The van der Waals surface area contributed by atoms with Crippen molar-refractivity contribution in [2.45, 2.75) is 44.9 Å². The number of nitro benzene ring substituents is 1. The summed E-state index contributed by atoms with van der Waals surface area (Å²) in [5, 5.41) is 23.1. The maximum absolute atomic E-state index is 11.8. The molecular weight excluding hydrogens is 360 g/mol. The molecule has 0 bridgehead atoms. The van der Waals surface area contributed by atoms with E-state index < -0.39 is 34.7 Å². The molecule has 0 fully saturated rings. The van der Waals surface area contributed by atoms with Crippen LogP contribution in [0.3, 0.4) is 0 Å². The van der Waals surface area contributed by atoms with Gasteiger partial charge in [0.15, 0.2) is 6.04 Å². The topological polar surface area (TPSA) is 137 Å². The fourth-order valence-electron chi connectivity index (χ4n) is 2.00. The highest BCUT2D eigenvalue weighted by atomic mass is 16.6. The summed E-state index contributed by atoms with van der Waals surface area (Å²) in [5.74, 6) is -0.466. The van der Waals surface area contributed by atoms with Gasteiger partial charge in [-0.05, 0) is 32.9 Å². The van der Waals surface area contributed by atoms with Gasteiger partial charge in [-0.2, -0.15) is 0 Å². The van der Waals surface area contributed by atoms with Crippen LogP contribution >= 0.6 is 0 Å².